The first kappa shape index (κ1) is 11.3. The Hall–Kier alpha value is -2.17. The molecule has 0 aliphatic rings. The Morgan fingerprint density at radius 1 is 1.18 bits per heavy atom. The molecule has 2 aromatic rings. The van der Waals surface area contributed by atoms with Gasteiger partial charge in [-0.2, -0.15) is 4.98 Å². The number of ether oxygens (including phenoxy) is 2. The Labute approximate surface area is 99.5 Å². The van der Waals surface area contributed by atoms with Gasteiger partial charge in [0.25, 0.3) is 0 Å². The summed E-state index contributed by atoms with van der Waals surface area (Å²) in [7, 11) is 1.57. The van der Waals surface area contributed by atoms with Crippen molar-refractivity contribution in [3.05, 3.63) is 30.6 Å². The van der Waals surface area contributed by atoms with E-state index in [1.165, 1.54) is 0 Å². The number of pyridine rings is 1. The SMILES string of the molecule is CCOc1ncccc1-c1nccc(OC)n1. The van der Waals surface area contributed by atoms with Gasteiger partial charge in [-0.15, -0.1) is 0 Å². The van der Waals surface area contributed by atoms with Crippen LogP contribution in [0.15, 0.2) is 30.6 Å². The monoisotopic (exact) mass is 231 g/mol. The lowest BCUT2D eigenvalue weighted by Gasteiger charge is -2.07. The van der Waals surface area contributed by atoms with Crippen molar-refractivity contribution in [1.82, 2.24) is 15.0 Å². The van der Waals surface area contributed by atoms with E-state index >= 15 is 0 Å². The van der Waals surface area contributed by atoms with Gasteiger partial charge in [0.1, 0.15) is 0 Å². The van der Waals surface area contributed by atoms with Gasteiger partial charge in [-0.1, -0.05) is 0 Å². The summed E-state index contributed by atoms with van der Waals surface area (Å²) in [6, 6.07) is 5.38. The summed E-state index contributed by atoms with van der Waals surface area (Å²) in [5, 5.41) is 0. The predicted octanol–water partition coefficient (Wildman–Crippen LogP) is 1.95. The molecule has 2 heterocycles. The highest BCUT2D eigenvalue weighted by atomic mass is 16.5. The van der Waals surface area contributed by atoms with Crippen molar-refractivity contribution in [2.24, 2.45) is 0 Å². The van der Waals surface area contributed by atoms with Crippen LogP contribution in [0.25, 0.3) is 11.4 Å². The molecule has 0 saturated heterocycles. The molecular formula is C12H13N3O2. The molecule has 0 bridgehead atoms. The van der Waals surface area contributed by atoms with E-state index < -0.39 is 0 Å². The number of nitrogens with zero attached hydrogens (tertiary/aromatic N) is 3. The van der Waals surface area contributed by atoms with Crippen LogP contribution in [0, 0.1) is 0 Å². The summed E-state index contributed by atoms with van der Waals surface area (Å²) in [5.41, 5.74) is 0.758. The smallest absolute Gasteiger partial charge is 0.224 e. The zero-order valence-electron chi connectivity index (χ0n) is 9.75. The van der Waals surface area contributed by atoms with Gasteiger partial charge < -0.3 is 9.47 Å². The Kier molecular flexibility index (Phi) is 3.49. The molecule has 0 atom stereocenters. The second kappa shape index (κ2) is 5.25. The van der Waals surface area contributed by atoms with E-state index in [0.29, 0.717) is 24.2 Å². The molecule has 5 nitrogen and oxygen atoms in total. The molecule has 2 aromatic heterocycles. The first-order valence-electron chi connectivity index (χ1n) is 5.30. The second-order valence-corrected chi connectivity index (χ2v) is 3.21. The van der Waals surface area contributed by atoms with E-state index in [1.54, 1.807) is 25.6 Å². The van der Waals surface area contributed by atoms with Crippen LogP contribution in [0.3, 0.4) is 0 Å². The molecule has 0 aromatic carbocycles. The maximum atomic E-state index is 5.43. The average molecular weight is 231 g/mol. The maximum absolute atomic E-state index is 5.43. The number of aromatic nitrogens is 3. The number of hydrogen-bond donors (Lipinski definition) is 0. The Morgan fingerprint density at radius 3 is 2.82 bits per heavy atom. The van der Waals surface area contributed by atoms with Crippen LogP contribution < -0.4 is 9.47 Å². The minimum absolute atomic E-state index is 0.515. The maximum Gasteiger partial charge on any atom is 0.224 e. The lowest BCUT2D eigenvalue weighted by atomic mass is 10.2. The molecule has 0 radical (unpaired) electrons. The molecule has 88 valence electrons. The molecule has 0 spiro atoms. The third-order valence-electron chi connectivity index (χ3n) is 2.13. The van der Waals surface area contributed by atoms with Crippen molar-refractivity contribution >= 4 is 0 Å². The molecule has 0 N–H and O–H groups in total. The highest BCUT2D eigenvalue weighted by Gasteiger charge is 2.10. The largest absolute Gasteiger partial charge is 0.481 e. The Morgan fingerprint density at radius 2 is 2.06 bits per heavy atom. The van der Waals surface area contributed by atoms with Gasteiger partial charge in [0.15, 0.2) is 5.82 Å². The summed E-state index contributed by atoms with van der Waals surface area (Å²) < 4.78 is 10.5. The van der Waals surface area contributed by atoms with Gasteiger partial charge in [0.2, 0.25) is 11.8 Å². The average Bonchev–Trinajstić information content (AvgIpc) is 2.40. The fourth-order valence-corrected chi connectivity index (χ4v) is 1.40. The van der Waals surface area contributed by atoms with Crippen molar-refractivity contribution in [3.63, 3.8) is 0 Å². The molecule has 0 aliphatic heterocycles. The quantitative estimate of drug-likeness (QED) is 0.804. The van der Waals surface area contributed by atoms with E-state index in [2.05, 4.69) is 15.0 Å². The van der Waals surface area contributed by atoms with E-state index in [4.69, 9.17) is 9.47 Å². The van der Waals surface area contributed by atoms with Crippen molar-refractivity contribution in [2.75, 3.05) is 13.7 Å². The van der Waals surface area contributed by atoms with Crippen LogP contribution in [0.1, 0.15) is 6.92 Å². The molecule has 17 heavy (non-hydrogen) atoms. The summed E-state index contributed by atoms with van der Waals surface area (Å²) in [6.07, 6.45) is 3.32. The van der Waals surface area contributed by atoms with E-state index in [1.807, 2.05) is 19.1 Å². The highest BCUT2D eigenvalue weighted by Crippen LogP contribution is 2.25. The summed E-state index contributed by atoms with van der Waals surface area (Å²) >= 11 is 0. The number of rotatable bonds is 4. The van der Waals surface area contributed by atoms with Crippen LogP contribution in [0.4, 0.5) is 0 Å². The first-order valence-corrected chi connectivity index (χ1v) is 5.30. The molecular weight excluding hydrogens is 218 g/mol. The van der Waals surface area contributed by atoms with Crippen molar-refractivity contribution < 1.29 is 9.47 Å². The Bertz CT molecular complexity index is 503. The van der Waals surface area contributed by atoms with E-state index in [9.17, 15) is 0 Å². The third-order valence-corrected chi connectivity index (χ3v) is 2.13. The fourth-order valence-electron chi connectivity index (χ4n) is 1.40. The van der Waals surface area contributed by atoms with E-state index in [0.717, 1.165) is 5.56 Å². The van der Waals surface area contributed by atoms with E-state index in [-0.39, 0.29) is 0 Å². The lowest BCUT2D eigenvalue weighted by Crippen LogP contribution is -1.99. The van der Waals surface area contributed by atoms with Crippen molar-refractivity contribution in [3.8, 4) is 23.1 Å². The fraction of sp³-hybridized carbons (Fsp3) is 0.250. The van der Waals surface area contributed by atoms with Gasteiger partial charge in [-0.25, -0.2) is 9.97 Å². The van der Waals surface area contributed by atoms with Gasteiger partial charge in [0.05, 0.1) is 19.3 Å². The first-order chi connectivity index (χ1) is 8.35. The molecule has 0 saturated carbocycles. The van der Waals surface area contributed by atoms with Gasteiger partial charge in [-0.3, -0.25) is 0 Å². The topological polar surface area (TPSA) is 57.1 Å². The zero-order chi connectivity index (χ0) is 12.1. The van der Waals surface area contributed by atoms with Gasteiger partial charge >= 0.3 is 0 Å². The zero-order valence-corrected chi connectivity index (χ0v) is 9.75. The van der Waals surface area contributed by atoms with Crippen molar-refractivity contribution in [1.29, 1.82) is 0 Å². The third kappa shape index (κ3) is 2.50. The Balaban J connectivity index is 2.44. The minimum Gasteiger partial charge on any atom is -0.481 e. The van der Waals surface area contributed by atoms with Crippen LogP contribution >= 0.6 is 0 Å². The highest BCUT2D eigenvalue weighted by molar-refractivity contribution is 5.61. The predicted molar refractivity (Wildman–Crippen MR) is 63.0 cm³/mol. The molecule has 0 amide bonds. The summed E-state index contributed by atoms with van der Waals surface area (Å²) in [4.78, 5) is 12.6. The van der Waals surface area contributed by atoms with Gasteiger partial charge in [-0.05, 0) is 19.1 Å². The van der Waals surface area contributed by atoms with Crippen LogP contribution in [-0.4, -0.2) is 28.7 Å². The summed E-state index contributed by atoms with van der Waals surface area (Å²) in [5.74, 6) is 1.59. The van der Waals surface area contributed by atoms with Gasteiger partial charge in [0, 0.05) is 18.5 Å². The molecule has 5 heteroatoms. The van der Waals surface area contributed by atoms with Crippen LogP contribution in [0.5, 0.6) is 11.8 Å². The van der Waals surface area contributed by atoms with Crippen LogP contribution in [-0.2, 0) is 0 Å². The molecule has 0 aliphatic carbocycles. The summed E-state index contributed by atoms with van der Waals surface area (Å²) in [6.45, 7) is 2.46. The molecule has 2 rings (SSSR count). The molecule has 0 unspecified atom stereocenters. The minimum atomic E-state index is 0.515. The number of hydrogen-bond acceptors (Lipinski definition) is 5. The standard InChI is InChI=1S/C12H13N3O2/c1-3-17-12-9(5-4-7-14-12)11-13-8-6-10(15-11)16-2/h4-8H,3H2,1-2H3. The normalized spacial score (nSPS) is 10.0. The second-order valence-electron chi connectivity index (χ2n) is 3.21. The lowest BCUT2D eigenvalue weighted by molar-refractivity contribution is 0.328. The van der Waals surface area contributed by atoms with Crippen molar-refractivity contribution in [2.45, 2.75) is 6.92 Å². The van der Waals surface area contributed by atoms with Crippen LogP contribution in [0.2, 0.25) is 0 Å². The molecule has 0 fully saturated rings. The number of methoxy groups -OCH3 is 1.